The van der Waals surface area contributed by atoms with Crippen molar-refractivity contribution in [2.45, 2.75) is 26.2 Å². The Bertz CT molecular complexity index is 1190. The van der Waals surface area contributed by atoms with Crippen LogP contribution < -0.4 is 14.8 Å². The van der Waals surface area contributed by atoms with Crippen LogP contribution in [0, 0.1) is 11.3 Å². The number of benzene rings is 3. The molecule has 0 spiro atoms. The second-order valence-corrected chi connectivity index (χ2v) is 8.13. The van der Waals surface area contributed by atoms with Gasteiger partial charge in [-0.1, -0.05) is 55.2 Å². The van der Waals surface area contributed by atoms with Gasteiger partial charge in [0.25, 0.3) is 5.91 Å². The molecule has 0 saturated carbocycles. The lowest BCUT2D eigenvalue weighted by atomic mass is 10.0. The first kappa shape index (κ1) is 23.5. The minimum Gasteiger partial charge on any atom is -0.496 e. The summed E-state index contributed by atoms with van der Waals surface area (Å²) in [6.07, 6.45) is 0.175. The highest BCUT2D eigenvalue weighted by atomic mass is 35.5. The van der Waals surface area contributed by atoms with Gasteiger partial charge in [0.1, 0.15) is 11.5 Å². The summed E-state index contributed by atoms with van der Waals surface area (Å²) in [5.74, 6) is 1.25. The number of nitrogens with one attached hydrogen (secondary N) is 1. The summed E-state index contributed by atoms with van der Waals surface area (Å²) in [5.41, 5.74) is 2.43. The zero-order chi connectivity index (χ0) is 23.3. The first-order valence-corrected chi connectivity index (χ1v) is 10.7. The lowest BCUT2D eigenvalue weighted by Gasteiger charge is -2.16. The predicted molar refractivity (Wildman–Crippen MR) is 127 cm³/mol. The number of rotatable bonds is 7. The fourth-order valence-corrected chi connectivity index (χ4v) is 3.75. The molecule has 5 nitrogen and oxygen atoms in total. The maximum absolute atomic E-state index is 12.9. The smallest absolute Gasteiger partial charge is 0.257 e. The van der Waals surface area contributed by atoms with Crippen molar-refractivity contribution in [1.29, 1.82) is 5.26 Å². The number of ether oxygens (including phenoxy) is 2. The monoisotopic (exact) mass is 468 g/mol. The van der Waals surface area contributed by atoms with Crippen molar-refractivity contribution in [2.24, 2.45) is 0 Å². The fourth-order valence-electron chi connectivity index (χ4n) is 3.22. The second kappa shape index (κ2) is 10.4. The largest absolute Gasteiger partial charge is 0.496 e. The topological polar surface area (TPSA) is 71.3 Å². The summed E-state index contributed by atoms with van der Waals surface area (Å²) in [5, 5.41) is 12.2. The third-order valence-corrected chi connectivity index (χ3v) is 5.54. The molecule has 0 saturated heterocycles. The molecule has 0 bridgehead atoms. The molecule has 3 aromatic rings. The molecule has 7 heteroatoms. The average Bonchev–Trinajstić information content (AvgIpc) is 2.77. The van der Waals surface area contributed by atoms with Crippen LogP contribution >= 0.6 is 23.2 Å². The molecule has 0 aliphatic rings. The van der Waals surface area contributed by atoms with Gasteiger partial charge >= 0.3 is 0 Å². The normalized spacial score (nSPS) is 10.5. The highest BCUT2D eigenvalue weighted by Crippen LogP contribution is 2.40. The van der Waals surface area contributed by atoms with Crippen LogP contribution in [0.1, 0.15) is 41.3 Å². The zero-order valence-electron chi connectivity index (χ0n) is 17.9. The van der Waals surface area contributed by atoms with E-state index in [-0.39, 0.29) is 33.7 Å². The van der Waals surface area contributed by atoms with Crippen LogP contribution in [0.15, 0.2) is 54.6 Å². The number of hydrogen-bond acceptors (Lipinski definition) is 4. The van der Waals surface area contributed by atoms with Crippen LogP contribution in [0.25, 0.3) is 0 Å². The van der Waals surface area contributed by atoms with E-state index in [0.717, 1.165) is 11.3 Å². The minimum atomic E-state index is -0.431. The Morgan fingerprint density at radius 3 is 2.56 bits per heavy atom. The van der Waals surface area contributed by atoms with E-state index in [1.165, 1.54) is 6.07 Å². The molecule has 1 N–H and O–H groups in total. The number of nitrogens with zero attached hydrogens (tertiary/aromatic N) is 1. The maximum atomic E-state index is 12.9. The van der Waals surface area contributed by atoms with Crippen molar-refractivity contribution in [3.8, 4) is 23.3 Å². The van der Waals surface area contributed by atoms with Crippen molar-refractivity contribution >= 4 is 34.8 Å². The van der Waals surface area contributed by atoms with Crippen LogP contribution in [0.2, 0.25) is 10.0 Å². The molecule has 0 radical (unpaired) electrons. The Hall–Kier alpha value is -3.20. The maximum Gasteiger partial charge on any atom is 0.257 e. The molecule has 0 fully saturated rings. The lowest BCUT2D eigenvalue weighted by Crippen LogP contribution is -2.14. The highest BCUT2D eigenvalue weighted by molar-refractivity contribution is 6.39. The number of halogens is 2. The van der Waals surface area contributed by atoms with Gasteiger partial charge in [0.2, 0.25) is 0 Å². The van der Waals surface area contributed by atoms with Gasteiger partial charge in [-0.2, -0.15) is 5.26 Å². The SMILES string of the molecule is COc1ccc(Oc2c(Cl)ccc(C(=O)Nc3ccccc3CC#N)c2Cl)cc1C(C)C. The van der Waals surface area contributed by atoms with E-state index in [1.807, 2.05) is 18.2 Å². The van der Waals surface area contributed by atoms with Crippen LogP contribution in [-0.4, -0.2) is 13.0 Å². The number of hydrogen-bond donors (Lipinski definition) is 1. The van der Waals surface area contributed by atoms with E-state index in [9.17, 15) is 4.79 Å². The average molecular weight is 469 g/mol. The molecule has 0 heterocycles. The van der Waals surface area contributed by atoms with Gasteiger partial charge < -0.3 is 14.8 Å². The van der Waals surface area contributed by atoms with Gasteiger partial charge in [-0.15, -0.1) is 0 Å². The molecular weight excluding hydrogens is 447 g/mol. The summed E-state index contributed by atoms with van der Waals surface area (Å²) in [6.45, 7) is 4.10. The highest BCUT2D eigenvalue weighted by Gasteiger charge is 2.20. The summed E-state index contributed by atoms with van der Waals surface area (Å²) in [4.78, 5) is 12.9. The van der Waals surface area contributed by atoms with E-state index >= 15 is 0 Å². The third kappa shape index (κ3) is 5.16. The first-order chi connectivity index (χ1) is 15.3. The molecule has 0 unspecified atom stereocenters. The molecule has 0 aromatic heterocycles. The summed E-state index contributed by atoms with van der Waals surface area (Å²) >= 11 is 12.9. The van der Waals surface area contributed by atoms with Gasteiger partial charge in [0.15, 0.2) is 5.75 Å². The molecule has 1 amide bonds. The van der Waals surface area contributed by atoms with Crippen LogP contribution in [0.3, 0.4) is 0 Å². The predicted octanol–water partition coefficient (Wildman–Crippen LogP) is 7.24. The first-order valence-electron chi connectivity index (χ1n) is 9.95. The quantitative estimate of drug-likeness (QED) is 0.396. The van der Waals surface area contributed by atoms with Crippen molar-refractivity contribution in [1.82, 2.24) is 0 Å². The van der Waals surface area contributed by atoms with Crippen LogP contribution in [0.5, 0.6) is 17.2 Å². The van der Waals surface area contributed by atoms with Crippen LogP contribution in [0.4, 0.5) is 5.69 Å². The van der Waals surface area contributed by atoms with Gasteiger partial charge in [0.05, 0.1) is 35.2 Å². The van der Waals surface area contributed by atoms with Crippen LogP contribution in [-0.2, 0) is 6.42 Å². The van der Waals surface area contributed by atoms with Crippen molar-refractivity contribution < 1.29 is 14.3 Å². The standard InChI is InChI=1S/C25H22Cl2N2O3/c1-15(2)19-14-17(8-11-22(19)31-3)32-24-20(26)10-9-18(23(24)27)25(30)29-21-7-5-4-6-16(21)12-13-28/h4-11,14-15H,12H2,1-3H3,(H,29,30). The number of nitriles is 1. The van der Waals surface area contributed by atoms with Gasteiger partial charge in [0, 0.05) is 11.3 Å². The molecular formula is C25H22Cl2N2O3. The number of carbonyl (C=O) groups is 1. The Morgan fingerprint density at radius 2 is 1.88 bits per heavy atom. The Balaban J connectivity index is 1.92. The summed E-state index contributed by atoms with van der Waals surface area (Å²) in [7, 11) is 1.62. The van der Waals surface area contributed by atoms with Crippen molar-refractivity contribution in [2.75, 3.05) is 12.4 Å². The Labute approximate surface area is 197 Å². The molecule has 164 valence electrons. The molecule has 3 rings (SSSR count). The molecule has 3 aromatic carbocycles. The zero-order valence-corrected chi connectivity index (χ0v) is 19.4. The minimum absolute atomic E-state index is 0.0923. The lowest BCUT2D eigenvalue weighted by molar-refractivity contribution is 0.102. The van der Waals surface area contributed by atoms with Crippen molar-refractivity contribution in [3.05, 3.63) is 81.3 Å². The van der Waals surface area contributed by atoms with Gasteiger partial charge in [-0.3, -0.25) is 4.79 Å². The second-order valence-electron chi connectivity index (χ2n) is 7.34. The van der Waals surface area contributed by atoms with Gasteiger partial charge in [-0.25, -0.2) is 0 Å². The van der Waals surface area contributed by atoms with Gasteiger partial charge in [-0.05, 0) is 47.9 Å². The molecule has 0 aliphatic carbocycles. The molecule has 32 heavy (non-hydrogen) atoms. The van der Waals surface area contributed by atoms with E-state index in [4.69, 9.17) is 37.9 Å². The van der Waals surface area contributed by atoms with Crippen molar-refractivity contribution in [3.63, 3.8) is 0 Å². The number of amides is 1. The van der Waals surface area contributed by atoms with E-state index in [1.54, 1.807) is 37.4 Å². The van der Waals surface area contributed by atoms with E-state index in [2.05, 4.69) is 25.2 Å². The third-order valence-electron chi connectivity index (χ3n) is 4.87. The Morgan fingerprint density at radius 1 is 1.12 bits per heavy atom. The Kier molecular flexibility index (Phi) is 7.63. The van der Waals surface area contributed by atoms with E-state index in [0.29, 0.717) is 17.0 Å². The fraction of sp³-hybridized carbons (Fsp3) is 0.200. The number of carbonyl (C=O) groups excluding carboxylic acids is 1. The number of para-hydroxylation sites is 1. The molecule has 0 aliphatic heterocycles. The summed E-state index contributed by atoms with van der Waals surface area (Å²) < 4.78 is 11.4. The number of anilines is 1. The molecule has 0 atom stereocenters. The van der Waals surface area contributed by atoms with E-state index < -0.39 is 5.91 Å². The number of methoxy groups -OCH3 is 1. The summed E-state index contributed by atoms with van der Waals surface area (Å²) in [6, 6.07) is 17.7.